The van der Waals surface area contributed by atoms with Gasteiger partial charge in [-0.25, -0.2) is 4.98 Å². The van der Waals surface area contributed by atoms with Crippen molar-refractivity contribution >= 4 is 11.8 Å². The van der Waals surface area contributed by atoms with E-state index in [0.29, 0.717) is 24.3 Å². The van der Waals surface area contributed by atoms with Crippen LogP contribution in [0.1, 0.15) is 61.1 Å². The van der Waals surface area contributed by atoms with Crippen LogP contribution in [0.15, 0.2) is 28.7 Å². The van der Waals surface area contributed by atoms with E-state index in [-0.39, 0.29) is 36.9 Å². The Balaban J connectivity index is 1.62. The Kier molecular flexibility index (Phi) is 5.33. The van der Waals surface area contributed by atoms with Gasteiger partial charge in [0.2, 0.25) is 11.8 Å². The molecule has 2 fully saturated rings. The van der Waals surface area contributed by atoms with Gasteiger partial charge in [0.25, 0.3) is 0 Å². The van der Waals surface area contributed by atoms with Crippen LogP contribution in [0.25, 0.3) is 0 Å². The highest BCUT2D eigenvalue weighted by Gasteiger charge is 2.61. The number of alkyl halides is 3. The summed E-state index contributed by atoms with van der Waals surface area (Å²) in [5.41, 5.74) is -0.454. The fourth-order valence-corrected chi connectivity index (χ4v) is 4.56. The van der Waals surface area contributed by atoms with Crippen LogP contribution in [0.5, 0.6) is 0 Å². The molecule has 1 aliphatic carbocycles. The molecule has 1 aromatic heterocycles. The number of piperazine rings is 1. The lowest BCUT2D eigenvalue weighted by molar-refractivity contribution is -0.176. The molecule has 0 N–H and O–H groups in total. The first-order chi connectivity index (χ1) is 14.9. The van der Waals surface area contributed by atoms with Crippen molar-refractivity contribution in [3.05, 3.63) is 52.7 Å². The standard InChI is InChI=1S/C23H26F3N3O3/c1-13(2)28-12-19(30)29(11-16-5-7-18(8-6-16)23(24,25)26)22(21(28)31)9-17(10-22)20-27-14(3)15(4)32-20/h5-8,13,17H,9-12H2,1-4H3/t17-,22+. The molecule has 2 aromatic rings. The van der Waals surface area contributed by atoms with E-state index in [2.05, 4.69) is 4.98 Å². The van der Waals surface area contributed by atoms with Gasteiger partial charge in [0.1, 0.15) is 17.8 Å². The molecule has 0 unspecified atom stereocenters. The summed E-state index contributed by atoms with van der Waals surface area (Å²) < 4.78 is 44.4. The Morgan fingerprint density at radius 2 is 1.78 bits per heavy atom. The summed E-state index contributed by atoms with van der Waals surface area (Å²) in [4.78, 5) is 34.2. The number of hydrogen-bond donors (Lipinski definition) is 0. The number of rotatable bonds is 4. The lowest BCUT2D eigenvalue weighted by Gasteiger charge is -2.57. The Hall–Kier alpha value is -2.84. The lowest BCUT2D eigenvalue weighted by atomic mass is 9.65. The zero-order valence-electron chi connectivity index (χ0n) is 18.5. The van der Waals surface area contributed by atoms with Gasteiger partial charge < -0.3 is 14.2 Å². The average molecular weight is 449 g/mol. The third kappa shape index (κ3) is 3.67. The topological polar surface area (TPSA) is 66.7 Å². The molecule has 9 heteroatoms. The normalized spacial score (nSPS) is 23.9. The number of amides is 2. The van der Waals surface area contributed by atoms with Crippen LogP contribution in [-0.4, -0.2) is 44.7 Å². The largest absolute Gasteiger partial charge is 0.445 e. The minimum atomic E-state index is -4.43. The van der Waals surface area contributed by atoms with Gasteiger partial charge in [0.15, 0.2) is 5.89 Å². The zero-order chi connectivity index (χ0) is 23.4. The fraction of sp³-hybridized carbons (Fsp3) is 0.522. The zero-order valence-corrected chi connectivity index (χ0v) is 18.5. The van der Waals surface area contributed by atoms with E-state index in [1.54, 1.807) is 4.90 Å². The van der Waals surface area contributed by atoms with Gasteiger partial charge in [0, 0.05) is 18.5 Å². The van der Waals surface area contributed by atoms with Crippen LogP contribution in [0.3, 0.4) is 0 Å². The molecule has 32 heavy (non-hydrogen) atoms. The van der Waals surface area contributed by atoms with Gasteiger partial charge >= 0.3 is 6.18 Å². The maximum absolute atomic E-state index is 13.5. The first-order valence-electron chi connectivity index (χ1n) is 10.6. The summed E-state index contributed by atoms with van der Waals surface area (Å²) in [5, 5.41) is 0. The average Bonchev–Trinajstić information content (AvgIpc) is 3.01. The summed E-state index contributed by atoms with van der Waals surface area (Å²) in [6.45, 7) is 7.44. The van der Waals surface area contributed by atoms with E-state index in [1.165, 1.54) is 17.0 Å². The highest BCUT2D eigenvalue weighted by Crippen LogP contribution is 2.51. The van der Waals surface area contributed by atoms with Crippen molar-refractivity contribution in [3.8, 4) is 0 Å². The summed E-state index contributed by atoms with van der Waals surface area (Å²) in [5.74, 6) is 0.840. The molecule has 6 nitrogen and oxygen atoms in total. The number of hydrogen-bond acceptors (Lipinski definition) is 4. The van der Waals surface area contributed by atoms with Crippen molar-refractivity contribution in [2.45, 2.75) is 70.8 Å². The lowest BCUT2D eigenvalue weighted by Crippen LogP contribution is -2.72. The predicted octanol–water partition coefficient (Wildman–Crippen LogP) is 4.21. The van der Waals surface area contributed by atoms with Crippen LogP contribution in [0, 0.1) is 13.8 Å². The van der Waals surface area contributed by atoms with E-state index in [1.807, 2.05) is 27.7 Å². The number of halogens is 3. The third-order valence-electron chi connectivity index (χ3n) is 6.59. The number of aromatic nitrogens is 1. The highest BCUT2D eigenvalue weighted by molar-refractivity contribution is 5.99. The van der Waals surface area contributed by atoms with E-state index in [9.17, 15) is 22.8 Å². The monoisotopic (exact) mass is 449 g/mol. The highest BCUT2D eigenvalue weighted by atomic mass is 19.4. The number of nitrogens with zero attached hydrogens (tertiary/aromatic N) is 3. The van der Waals surface area contributed by atoms with Gasteiger partial charge in [-0.1, -0.05) is 12.1 Å². The van der Waals surface area contributed by atoms with Crippen molar-refractivity contribution in [2.75, 3.05) is 6.54 Å². The Morgan fingerprint density at radius 3 is 2.28 bits per heavy atom. The maximum Gasteiger partial charge on any atom is 0.416 e. The Labute approximate surface area is 184 Å². The summed E-state index contributed by atoms with van der Waals surface area (Å²) in [6.07, 6.45) is -3.68. The second kappa shape index (κ2) is 7.64. The number of benzene rings is 1. The second-order valence-corrected chi connectivity index (χ2v) is 9.03. The maximum atomic E-state index is 13.5. The van der Waals surface area contributed by atoms with Gasteiger partial charge in [-0.3, -0.25) is 9.59 Å². The van der Waals surface area contributed by atoms with Crippen LogP contribution in [0.4, 0.5) is 13.2 Å². The van der Waals surface area contributed by atoms with Crippen LogP contribution < -0.4 is 0 Å². The molecule has 4 rings (SSSR count). The second-order valence-electron chi connectivity index (χ2n) is 9.03. The van der Waals surface area contributed by atoms with Crippen LogP contribution in [0.2, 0.25) is 0 Å². The molecule has 0 bridgehead atoms. The molecule has 2 aliphatic rings. The minimum Gasteiger partial charge on any atom is -0.445 e. The number of carbonyl (C=O) groups is 2. The van der Waals surface area contributed by atoms with Crippen LogP contribution in [-0.2, 0) is 22.3 Å². The molecule has 2 amide bonds. The van der Waals surface area contributed by atoms with E-state index in [4.69, 9.17) is 4.42 Å². The Bertz CT molecular complexity index is 1020. The number of aryl methyl sites for hydroxylation is 2. The quantitative estimate of drug-likeness (QED) is 0.702. The van der Waals surface area contributed by atoms with E-state index in [0.717, 1.165) is 23.6 Å². The number of carbonyl (C=O) groups excluding carboxylic acids is 2. The molecule has 1 saturated heterocycles. The molecule has 1 spiro atoms. The first kappa shape index (κ1) is 22.4. The fourth-order valence-electron chi connectivity index (χ4n) is 4.56. The van der Waals surface area contributed by atoms with Crippen molar-refractivity contribution in [1.82, 2.24) is 14.8 Å². The SMILES string of the molecule is Cc1nc([C@H]2C[C@@]3(C2)C(=O)N(C(C)C)CC(=O)N3Cc2ccc(C(F)(F)F)cc2)oc1C. The predicted molar refractivity (Wildman–Crippen MR) is 110 cm³/mol. The van der Waals surface area contributed by atoms with Crippen LogP contribution >= 0.6 is 0 Å². The van der Waals surface area contributed by atoms with Gasteiger partial charge in [-0.2, -0.15) is 13.2 Å². The van der Waals surface area contributed by atoms with Crippen molar-refractivity contribution in [1.29, 1.82) is 0 Å². The molecule has 1 aromatic carbocycles. The molecule has 0 radical (unpaired) electrons. The van der Waals surface area contributed by atoms with Gasteiger partial charge in [0.05, 0.1) is 11.3 Å². The Morgan fingerprint density at radius 1 is 1.16 bits per heavy atom. The van der Waals surface area contributed by atoms with Gasteiger partial charge in [-0.05, 0) is 58.2 Å². The molecule has 0 atom stereocenters. The van der Waals surface area contributed by atoms with Crippen molar-refractivity contribution in [3.63, 3.8) is 0 Å². The first-order valence-corrected chi connectivity index (χ1v) is 10.6. The van der Waals surface area contributed by atoms with E-state index >= 15 is 0 Å². The molecular formula is C23H26F3N3O3. The number of oxazole rings is 1. The minimum absolute atomic E-state index is 0.0409. The molecule has 1 saturated carbocycles. The van der Waals surface area contributed by atoms with Crippen molar-refractivity contribution < 1.29 is 27.2 Å². The summed E-state index contributed by atoms with van der Waals surface area (Å²) in [7, 11) is 0. The summed E-state index contributed by atoms with van der Waals surface area (Å²) >= 11 is 0. The third-order valence-corrected chi connectivity index (χ3v) is 6.59. The van der Waals surface area contributed by atoms with Crippen molar-refractivity contribution in [2.24, 2.45) is 0 Å². The molecular weight excluding hydrogens is 423 g/mol. The van der Waals surface area contributed by atoms with E-state index < -0.39 is 17.3 Å². The molecule has 2 heterocycles. The molecule has 1 aliphatic heterocycles. The molecule has 172 valence electrons. The van der Waals surface area contributed by atoms with Gasteiger partial charge in [-0.15, -0.1) is 0 Å². The smallest absolute Gasteiger partial charge is 0.416 e. The summed E-state index contributed by atoms with van der Waals surface area (Å²) in [6, 6.07) is 4.59.